The number of fused-ring (bicyclic) bond motifs is 1. The van der Waals surface area contributed by atoms with E-state index in [1.54, 1.807) is 6.92 Å². The summed E-state index contributed by atoms with van der Waals surface area (Å²) >= 11 is 4.84. The number of nitrogens with zero attached hydrogens (tertiary/aromatic N) is 2. The van der Waals surface area contributed by atoms with Gasteiger partial charge >= 0.3 is 0 Å². The third-order valence-corrected chi connectivity index (χ3v) is 5.10. The molecule has 0 saturated carbocycles. The second kappa shape index (κ2) is 5.78. The first-order valence-electron chi connectivity index (χ1n) is 6.73. The number of hydrogen-bond donors (Lipinski definition) is 0. The Hall–Kier alpha value is -1.79. The maximum Gasteiger partial charge on any atom is 0.263 e. The highest BCUT2D eigenvalue weighted by Gasteiger charge is 2.17. The van der Waals surface area contributed by atoms with Crippen LogP contribution in [0.4, 0.5) is 0 Å². The molecule has 112 valence electrons. The van der Waals surface area contributed by atoms with Crippen LogP contribution >= 0.6 is 27.3 Å². The molecule has 0 aliphatic carbocycles. The van der Waals surface area contributed by atoms with Gasteiger partial charge in [0.05, 0.1) is 17.8 Å². The fourth-order valence-electron chi connectivity index (χ4n) is 2.26. The number of rotatable bonds is 3. The third kappa shape index (κ3) is 2.53. The first-order chi connectivity index (χ1) is 10.5. The smallest absolute Gasteiger partial charge is 0.263 e. The van der Waals surface area contributed by atoms with Gasteiger partial charge in [-0.25, -0.2) is 4.98 Å². The van der Waals surface area contributed by atoms with E-state index in [9.17, 15) is 9.59 Å². The quantitative estimate of drug-likeness (QED) is 0.692. The average molecular weight is 377 g/mol. The number of hydrogen-bond acceptors (Lipinski definition) is 4. The molecule has 0 saturated heterocycles. The molecule has 3 rings (SSSR count). The van der Waals surface area contributed by atoms with Gasteiger partial charge < -0.3 is 0 Å². The number of thiophene rings is 1. The van der Waals surface area contributed by atoms with Crippen molar-refractivity contribution in [3.8, 4) is 11.1 Å². The van der Waals surface area contributed by atoms with Crippen molar-refractivity contribution in [2.45, 2.75) is 19.9 Å². The number of Topliss-reactive ketones (excluding diaryl/α,β-unsaturated/α-hetero) is 1. The molecule has 22 heavy (non-hydrogen) atoms. The minimum absolute atomic E-state index is 0.0660. The van der Waals surface area contributed by atoms with Gasteiger partial charge in [-0.2, -0.15) is 0 Å². The molecular weight excluding hydrogens is 364 g/mol. The van der Waals surface area contributed by atoms with Crippen molar-refractivity contribution in [1.82, 2.24) is 9.55 Å². The highest BCUT2D eigenvalue weighted by atomic mass is 79.9. The number of carbonyl (C=O) groups excluding carboxylic acids is 1. The molecule has 0 aliphatic heterocycles. The van der Waals surface area contributed by atoms with Gasteiger partial charge in [0.2, 0.25) is 0 Å². The van der Waals surface area contributed by atoms with E-state index in [0.29, 0.717) is 10.2 Å². The molecule has 0 bridgehead atoms. The summed E-state index contributed by atoms with van der Waals surface area (Å²) in [6.45, 7) is 3.19. The number of halogens is 1. The van der Waals surface area contributed by atoms with Crippen LogP contribution in [0, 0.1) is 0 Å². The highest BCUT2D eigenvalue weighted by Crippen LogP contribution is 2.31. The number of aromatic nitrogens is 2. The van der Waals surface area contributed by atoms with Gasteiger partial charge in [-0.3, -0.25) is 14.2 Å². The predicted molar refractivity (Wildman–Crippen MR) is 92.4 cm³/mol. The van der Waals surface area contributed by atoms with Crippen LogP contribution in [0.2, 0.25) is 0 Å². The molecule has 2 heterocycles. The molecule has 0 aliphatic rings. The maximum atomic E-state index is 12.8. The highest BCUT2D eigenvalue weighted by molar-refractivity contribution is 9.10. The van der Waals surface area contributed by atoms with Gasteiger partial charge in [-0.15, -0.1) is 11.3 Å². The Balaban J connectivity index is 2.25. The SMILES string of the molecule is CC(=O)C(C)n1cnc2scc(-c3ccc(Br)cc3)c2c1=O. The van der Waals surface area contributed by atoms with Crippen LogP contribution in [0.15, 0.2) is 45.2 Å². The Morgan fingerprint density at radius 3 is 2.64 bits per heavy atom. The molecular formula is C16H13BrN2O2S. The lowest BCUT2D eigenvalue weighted by Gasteiger charge is -2.11. The number of ketones is 1. The van der Waals surface area contributed by atoms with Crippen LogP contribution in [0.25, 0.3) is 21.3 Å². The van der Waals surface area contributed by atoms with E-state index < -0.39 is 6.04 Å². The molecule has 2 aromatic heterocycles. The molecule has 1 atom stereocenters. The summed E-state index contributed by atoms with van der Waals surface area (Å²) in [5.41, 5.74) is 1.64. The van der Waals surface area contributed by atoms with Gasteiger partial charge in [0.1, 0.15) is 4.83 Å². The Labute approximate surface area is 139 Å². The Morgan fingerprint density at radius 2 is 2.00 bits per heavy atom. The lowest BCUT2D eigenvalue weighted by Crippen LogP contribution is -2.27. The normalized spacial score (nSPS) is 12.5. The second-order valence-electron chi connectivity index (χ2n) is 5.08. The topological polar surface area (TPSA) is 52.0 Å². The summed E-state index contributed by atoms with van der Waals surface area (Å²) < 4.78 is 2.39. The fourth-order valence-corrected chi connectivity index (χ4v) is 3.43. The molecule has 4 nitrogen and oxygen atoms in total. The summed E-state index contributed by atoms with van der Waals surface area (Å²) in [6.07, 6.45) is 1.46. The summed E-state index contributed by atoms with van der Waals surface area (Å²) in [6, 6.07) is 7.27. The fraction of sp³-hybridized carbons (Fsp3) is 0.188. The molecule has 1 aromatic carbocycles. The van der Waals surface area contributed by atoms with E-state index in [1.807, 2.05) is 29.6 Å². The van der Waals surface area contributed by atoms with Crippen molar-refractivity contribution >= 4 is 43.3 Å². The van der Waals surface area contributed by atoms with Crippen LogP contribution in [0.5, 0.6) is 0 Å². The van der Waals surface area contributed by atoms with Gasteiger partial charge in [0.15, 0.2) is 5.78 Å². The summed E-state index contributed by atoms with van der Waals surface area (Å²) in [5, 5.41) is 2.51. The lowest BCUT2D eigenvalue weighted by molar-refractivity contribution is -0.119. The Bertz CT molecular complexity index is 912. The molecule has 0 amide bonds. The minimum Gasteiger partial charge on any atom is -0.298 e. The minimum atomic E-state index is -0.512. The predicted octanol–water partition coefficient (Wildman–Crippen LogP) is 4.04. The molecule has 0 spiro atoms. The van der Waals surface area contributed by atoms with E-state index in [4.69, 9.17) is 0 Å². The van der Waals surface area contributed by atoms with Gasteiger partial charge in [-0.1, -0.05) is 28.1 Å². The van der Waals surface area contributed by atoms with E-state index in [2.05, 4.69) is 20.9 Å². The average Bonchev–Trinajstić information content (AvgIpc) is 2.92. The van der Waals surface area contributed by atoms with Gasteiger partial charge in [0.25, 0.3) is 5.56 Å². The monoisotopic (exact) mass is 376 g/mol. The van der Waals surface area contributed by atoms with Crippen molar-refractivity contribution in [2.24, 2.45) is 0 Å². The zero-order chi connectivity index (χ0) is 15.9. The molecule has 3 aromatic rings. The maximum absolute atomic E-state index is 12.8. The zero-order valence-electron chi connectivity index (χ0n) is 12.0. The van der Waals surface area contributed by atoms with Crippen molar-refractivity contribution in [2.75, 3.05) is 0 Å². The molecule has 0 fully saturated rings. The molecule has 0 N–H and O–H groups in total. The molecule has 6 heteroatoms. The molecule has 0 radical (unpaired) electrons. The van der Waals surface area contributed by atoms with Crippen molar-refractivity contribution < 1.29 is 4.79 Å². The summed E-state index contributed by atoms with van der Waals surface area (Å²) in [7, 11) is 0. The first kappa shape index (κ1) is 15.1. The number of benzene rings is 1. The Morgan fingerprint density at radius 1 is 1.32 bits per heavy atom. The first-order valence-corrected chi connectivity index (χ1v) is 8.41. The zero-order valence-corrected chi connectivity index (χ0v) is 14.4. The van der Waals surface area contributed by atoms with Crippen LogP contribution in [0.1, 0.15) is 19.9 Å². The summed E-state index contributed by atoms with van der Waals surface area (Å²) in [4.78, 5) is 29.4. The van der Waals surface area contributed by atoms with Gasteiger partial charge in [-0.05, 0) is 31.5 Å². The molecule has 1 unspecified atom stereocenters. The van der Waals surface area contributed by atoms with Crippen molar-refractivity contribution in [3.05, 3.63) is 50.8 Å². The van der Waals surface area contributed by atoms with E-state index in [0.717, 1.165) is 15.6 Å². The van der Waals surface area contributed by atoms with Crippen LogP contribution in [-0.4, -0.2) is 15.3 Å². The van der Waals surface area contributed by atoms with Crippen LogP contribution in [-0.2, 0) is 4.79 Å². The Kier molecular flexibility index (Phi) is 3.97. The standard InChI is InChI=1S/C16H13BrN2O2S/c1-9(10(2)20)19-8-18-15-14(16(19)21)13(7-22-15)11-3-5-12(17)6-4-11/h3-9H,1-2H3. The summed E-state index contributed by atoms with van der Waals surface area (Å²) in [5.74, 6) is -0.0660. The van der Waals surface area contributed by atoms with Crippen LogP contribution < -0.4 is 5.56 Å². The number of carbonyl (C=O) groups is 1. The second-order valence-corrected chi connectivity index (χ2v) is 6.85. The van der Waals surface area contributed by atoms with Gasteiger partial charge in [0, 0.05) is 15.4 Å². The third-order valence-electron chi connectivity index (χ3n) is 3.68. The van der Waals surface area contributed by atoms with Crippen molar-refractivity contribution in [3.63, 3.8) is 0 Å². The van der Waals surface area contributed by atoms with Crippen molar-refractivity contribution in [1.29, 1.82) is 0 Å². The van der Waals surface area contributed by atoms with Crippen LogP contribution in [0.3, 0.4) is 0 Å². The van der Waals surface area contributed by atoms with E-state index >= 15 is 0 Å². The van der Waals surface area contributed by atoms with E-state index in [-0.39, 0.29) is 11.3 Å². The largest absolute Gasteiger partial charge is 0.298 e. The lowest BCUT2D eigenvalue weighted by atomic mass is 10.1. The van der Waals surface area contributed by atoms with E-state index in [1.165, 1.54) is 29.2 Å².